The molecule has 0 atom stereocenters. The number of anilines is 1. The number of rotatable bonds is 5. The lowest BCUT2D eigenvalue weighted by Crippen LogP contribution is -2.43. The molecule has 1 N–H and O–H groups in total. The first-order valence-electron chi connectivity index (χ1n) is 7.51. The van der Waals surface area contributed by atoms with Gasteiger partial charge in [0.1, 0.15) is 0 Å². The second kappa shape index (κ2) is 8.16. The van der Waals surface area contributed by atoms with E-state index in [2.05, 4.69) is 17.8 Å². The summed E-state index contributed by atoms with van der Waals surface area (Å²) in [5.74, 6) is 2.10. The molecule has 5 heteroatoms. The molecule has 1 aromatic carbocycles. The van der Waals surface area contributed by atoms with Crippen molar-refractivity contribution in [1.82, 2.24) is 4.90 Å². The molecule has 1 aliphatic heterocycles. The number of terminal acetylenes is 1. The normalized spacial score (nSPS) is 14.6. The molecule has 0 radical (unpaired) electrons. The van der Waals surface area contributed by atoms with Crippen molar-refractivity contribution in [2.45, 2.75) is 18.9 Å². The number of benzene rings is 1. The zero-order valence-corrected chi connectivity index (χ0v) is 13.0. The molecule has 2 amide bonds. The largest absolute Gasteiger partial charge is 0.381 e. The molecule has 0 unspecified atom stereocenters. The maximum absolute atomic E-state index is 12.8. The van der Waals surface area contributed by atoms with Crippen LogP contribution in [0.3, 0.4) is 0 Å². The maximum Gasteiger partial charge on any atom is 0.254 e. The van der Waals surface area contributed by atoms with E-state index in [4.69, 9.17) is 11.2 Å². The van der Waals surface area contributed by atoms with Crippen molar-refractivity contribution in [3.05, 3.63) is 42.5 Å². The third-order valence-electron chi connectivity index (χ3n) is 3.72. The lowest BCUT2D eigenvalue weighted by Gasteiger charge is -2.33. The molecule has 23 heavy (non-hydrogen) atoms. The van der Waals surface area contributed by atoms with E-state index in [0.29, 0.717) is 24.5 Å². The number of carbonyl (C=O) groups is 2. The molecule has 1 saturated heterocycles. The lowest BCUT2D eigenvalue weighted by molar-refractivity contribution is -0.111. The molecule has 1 heterocycles. The van der Waals surface area contributed by atoms with Crippen molar-refractivity contribution in [3.63, 3.8) is 0 Å². The standard InChI is InChI=1S/C18H20N2O3/c1-3-10-20(16-8-11-23-12-9-16)18(22)14-6-5-7-15(13-14)19-17(21)4-2/h1,4-7,13,16H,2,8-12H2,(H,19,21). The Balaban J connectivity index is 2.18. The van der Waals surface area contributed by atoms with Crippen LogP contribution in [0.2, 0.25) is 0 Å². The van der Waals surface area contributed by atoms with Gasteiger partial charge < -0.3 is 15.0 Å². The van der Waals surface area contributed by atoms with Crippen LogP contribution in [-0.2, 0) is 9.53 Å². The summed E-state index contributed by atoms with van der Waals surface area (Å²) >= 11 is 0. The summed E-state index contributed by atoms with van der Waals surface area (Å²) in [5, 5.41) is 2.65. The van der Waals surface area contributed by atoms with Gasteiger partial charge in [-0.15, -0.1) is 6.42 Å². The third-order valence-corrected chi connectivity index (χ3v) is 3.72. The van der Waals surface area contributed by atoms with Gasteiger partial charge in [0.05, 0.1) is 6.54 Å². The summed E-state index contributed by atoms with van der Waals surface area (Å²) in [5.41, 5.74) is 1.04. The monoisotopic (exact) mass is 312 g/mol. The lowest BCUT2D eigenvalue weighted by atomic mass is 10.0. The van der Waals surface area contributed by atoms with E-state index in [1.165, 1.54) is 6.08 Å². The highest BCUT2D eigenvalue weighted by Crippen LogP contribution is 2.19. The highest BCUT2D eigenvalue weighted by atomic mass is 16.5. The van der Waals surface area contributed by atoms with Crippen LogP contribution in [0, 0.1) is 12.3 Å². The molecule has 1 fully saturated rings. The van der Waals surface area contributed by atoms with E-state index in [1.54, 1.807) is 29.2 Å². The minimum absolute atomic E-state index is 0.0822. The van der Waals surface area contributed by atoms with Crippen LogP contribution in [0.5, 0.6) is 0 Å². The van der Waals surface area contributed by atoms with Gasteiger partial charge >= 0.3 is 0 Å². The van der Waals surface area contributed by atoms with E-state index in [1.807, 2.05) is 0 Å². The van der Waals surface area contributed by atoms with Crippen molar-refractivity contribution >= 4 is 17.5 Å². The zero-order chi connectivity index (χ0) is 16.7. The fourth-order valence-corrected chi connectivity index (χ4v) is 2.55. The van der Waals surface area contributed by atoms with Crippen LogP contribution >= 0.6 is 0 Å². The molecule has 0 bridgehead atoms. The number of ether oxygens (including phenoxy) is 1. The Kier molecular flexibility index (Phi) is 5.95. The summed E-state index contributed by atoms with van der Waals surface area (Å²) in [6, 6.07) is 6.89. The van der Waals surface area contributed by atoms with Crippen molar-refractivity contribution in [1.29, 1.82) is 0 Å². The second-order valence-electron chi connectivity index (χ2n) is 5.25. The maximum atomic E-state index is 12.8. The molecule has 2 rings (SSSR count). The van der Waals surface area contributed by atoms with Crippen molar-refractivity contribution in [3.8, 4) is 12.3 Å². The summed E-state index contributed by atoms with van der Waals surface area (Å²) in [6.07, 6.45) is 8.16. The molecule has 5 nitrogen and oxygen atoms in total. The van der Waals surface area contributed by atoms with Gasteiger partial charge in [-0.3, -0.25) is 9.59 Å². The predicted molar refractivity (Wildman–Crippen MR) is 89.0 cm³/mol. The summed E-state index contributed by atoms with van der Waals surface area (Å²) in [6.45, 7) is 4.93. The minimum Gasteiger partial charge on any atom is -0.381 e. The van der Waals surface area contributed by atoms with E-state index in [-0.39, 0.29) is 24.4 Å². The Hall–Kier alpha value is -2.58. The van der Waals surface area contributed by atoms with E-state index < -0.39 is 0 Å². The smallest absolute Gasteiger partial charge is 0.254 e. The average Bonchev–Trinajstić information content (AvgIpc) is 2.60. The molecule has 0 saturated carbocycles. The highest BCUT2D eigenvalue weighted by molar-refractivity contribution is 6.00. The molecule has 0 aromatic heterocycles. The van der Waals surface area contributed by atoms with Gasteiger partial charge in [0.25, 0.3) is 5.91 Å². The van der Waals surface area contributed by atoms with Gasteiger partial charge in [0, 0.05) is 30.5 Å². The molecule has 120 valence electrons. The zero-order valence-electron chi connectivity index (χ0n) is 13.0. The van der Waals surface area contributed by atoms with Crippen molar-refractivity contribution in [2.24, 2.45) is 0 Å². The fraction of sp³-hybridized carbons (Fsp3) is 0.333. The fourth-order valence-electron chi connectivity index (χ4n) is 2.55. The molecule has 1 aromatic rings. The number of amides is 2. The summed E-state index contributed by atoms with van der Waals surface area (Å²) < 4.78 is 5.34. The molecular weight excluding hydrogens is 292 g/mol. The van der Waals surface area contributed by atoms with E-state index in [0.717, 1.165) is 12.8 Å². The van der Waals surface area contributed by atoms with Crippen LogP contribution in [0.25, 0.3) is 0 Å². The Bertz CT molecular complexity index is 627. The Morgan fingerprint density at radius 3 is 2.83 bits per heavy atom. The van der Waals surface area contributed by atoms with Gasteiger partial charge in [-0.2, -0.15) is 0 Å². The first-order chi connectivity index (χ1) is 11.2. The predicted octanol–water partition coefficient (Wildman–Crippen LogP) is 2.07. The Morgan fingerprint density at radius 2 is 2.17 bits per heavy atom. The third kappa shape index (κ3) is 4.44. The Morgan fingerprint density at radius 1 is 1.43 bits per heavy atom. The topological polar surface area (TPSA) is 58.6 Å². The van der Waals surface area contributed by atoms with Gasteiger partial charge in [-0.1, -0.05) is 18.6 Å². The van der Waals surface area contributed by atoms with Crippen LogP contribution in [0.4, 0.5) is 5.69 Å². The van der Waals surface area contributed by atoms with Gasteiger partial charge in [-0.25, -0.2) is 0 Å². The minimum atomic E-state index is -0.320. The Labute approximate surface area is 136 Å². The first kappa shape index (κ1) is 16.8. The number of hydrogen-bond donors (Lipinski definition) is 1. The number of nitrogens with zero attached hydrogens (tertiary/aromatic N) is 1. The molecule has 0 spiro atoms. The first-order valence-corrected chi connectivity index (χ1v) is 7.51. The molecular formula is C18H20N2O3. The highest BCUT2D eigenvalue weighted by Gasteiger charge is 2.26. The number of carbonyl (C=O) groups excluding carboxylic acids is 2. The van der Waals surface area contributed by atoms with E-state index >= 15 is 0 Å². The van der Waals surface area contributed by atoms with Gasteiger partial charge in [-0.05, 0) is 37.1 Å². The van der Waals surface area contributed by atoms with Crippen molar-refractivity contribution in [2.75, 3.05) is 25.1 Å². The van der Waals surface area contributed by atoms with Crippen LogP contribution in [-0.4, -0.2) is 42.5 Å². The van der Waals surface area contributed by atoms with Crippen LogP contribution in [0.1, 0.15) is 23.2 Å². The van der Waals surface area contributed by atoms with Crippen molar-refractivity contribution < 1.29 is 14.3 Å². The SMILES string of the molecule is C#CCN(C(=O)c1cccc(NC(=O)C=C)c1)C1CCOCC1. The average molecular weight is 312 g/mol. The van der Waals surface area contributed by atoms with Crippen LogP contribution in [0.15, 0.2) is 36.9 Å². The quantitative estimate of drug-likeness (QED) is 0.669. The number of hydrogen-bond acceptors (Lipinski definition) is 3. The second-order valence-corrected chi connectivity index (χ2v) is 5.25. The molecule has 0 aliphatic carbocycles. The van der Waals surface area contributed by atoms with Gasteiger partial charge in [0.15, 0.2) is 0 Å². The van der Waals surface area contributed by atoms with E-state index in [9.17, 15) is 9.59 Å². The van der Waals surface area contributed by atoms with Gasteiger partial charge in [0.2, 0.25) is 5.91 Å². The van der Waals surface area contributed by atoms with Crippen LogP contribution < -0.4 is 5.32 Å². The summed E-state index contributed by atoms with van der Waals surface area (Å²) in [4.78, 5) is 25.9. The summed E-state index contributed by atoms with van der Waals surface area (Å²) in [7, 11) is 0. The molecule has 1 aliphatic rings. The number of nitrogens with one attached hydrogen (secondary N) is 1.